The number of methoxy groups -OCH3 is 1. The second-order valence-electron chi connectivity index (χ2n) is 5.69. The molecule has 0 fully saturated rings. The SMILES string of the molecule is COC(=O)c1ccc2c(=O)n3c(cc2c1)-c1ccccc1CC3. The minimum absolute atomic E-state index is 0.0107. The van der Waals surface area contributed by atoms with Gasteiger partial charge in [-0.15, -0.1) is 0 Å². The normalized spacial score (nSPS) is 12.6. The maximum Gasteiger partial charge on any atom is 0.337 e. The predicted octanol–water partition coefficient (Wildman–Crippen LogP) is 3.01. The molecule has 2 aromatic carbocycles. The number of rotatable bonds is 1. The van der Waals surface area contributed by atoms with Crippen LogP contribution in [0.5, 0.6) is 0 Å². The molecular weight excluding hydrogens is 290 g/mol. The number of nitrogens with zero attached hydrogens (tertiary/aromatic N) is 1. The highest BCUT2D eigenvalue weighted by Crippen LogP contribution is 2.30. The van der Waals surface area contributed by atoms with Crippen LogP contribution in [-0.2, 0) is 17.7 Å². The molecule has 0 unspecified atom stereocenters. The molecule has 4 rings (SSSR count). The van der Waals surface area contributed by atoms with Gasteiger partial charge in [-0.25, -0.2) is 4.79 Å². The quantitative estimate of drug-likeness (QED) is 0.649. The Labute approximate surface area is 132 Å². The van der Waals surface area contributed by atoms with E-state index in [0.717, 1.165) is 23.1 Å². The maximum absolute atomic E-state index is 12.8. The van der Waals surface area contributed by atoms with Gasteiger partial charge in [-0.3, -0.25) is 4.79 Å². The third kappa shape index (κ3) is 2.06. The van der Waals surface area contributed by atoms with Crippen molar-refractivity contribution < 1.29 is 9.53 Å². The van der Waals surface area contributed by atoms with Gasteiger partial charge >= 0.3 is 5.97 Å². The summed E-state index contributed by atoms with van der Waals surface area (Å²) in [5, 5.41) is 1.39. The van der Waals surface area contributed by atoms with E-state index in [-0.39, 0.29) is 5.56 Å². The lowest BCUT2D eigenvalue weighted by Gasteiger charge is -2.22. The summed E-state index contributed by atoms with van der Waals surface area (Å²) < 4.78 is 6.58. The number of carbonyl (C=O) groups excluding carboxylic acids is 1. The molecule has 0 N–H and O–H groups in total. The first-order chi connectivity index (χ1) is 11.2. The van der Waals surface area contributed by atoms with Gasteiger partial charge < -0.3 is 9.30 Å². The molecule has 1 aliphatic heterocycles. The van der Waals surface area contributed by atoms with Crippen molar-refractivity contribution in [3.8, 4) is 11.3 Å². The zero-order valence-corrected chi connectivity index (χ0v) is 12.7. The number of hydrogen-bond donors (Lipinski definition) is 0. The van der Waals surface area contributed by atoms with Gasteiger partial charge in [0.05, 0.1) is 18.4 Å². The standard InChI is InChI=1S/C19H15NO3/c1-23-19(22)13-6-7-16-14(10-13)11-17-15-5-3-2-4-12(15)8-9-20(17)18(16)21/h2-7,10-11H,8-9H2,1H3. The number of benzene rings is 2. The van der Waals surface area contributed by atoms with E-state index in [1.54, 1.807) is 18.2 Å². The van der Waals surface area contributed by atoms with Crippen LogP contribution < -0.4 is 5.56 Å². The summed E-state index contributed by atoms with van der Waals surface area (Å²) in [5.41, 5.74) is 3.68. The molecule has 3 aromatic rings. The fourth-order valence-electron chi connectivity index (χ4n) is 3.27. The van der Waals surface area contributed by atoms with Crippen LogP contribution in [0, 0.1) is 0 Å². The van der Waals surface area contributed by atoms with Crippen LogP contribution in [-0.4, -0.2) is 17.6 Å². The molecule has 23 heavy (non-hydrogen) atoms. The van der Waals surface area contributed by atoms with E-state index in [1.807, 2.05) is 28.8 Å². The second kappa shape index (κ2) is 5.09. The number of aryl methyl sites for hydroxylation is 1. The van der Waals surface area contributed by atoms with Gasteiger partial charge in [0.25, 0.3) is 5.56 Å². The van der Waals surface area contributed by atoms with Gasteiger partial charge in [-0.05, 0) is 41.6 Å². The van der Waals surface area contributed by atoms with Crippen LogP contribution in [0.2, 0.25) is 0 Å². The molecule has 0 saturated carbocycles. The zero-order valence-electron chi connectivity index (χ0n) is 12.7. The molecule has 2 heterocycles. The van der Waals surface area contributed by atoms with Gasteiger partial charge in [0, 0.05) is 17.5 Å². The molecule has 0 spiro atoms. The van der Waals surface area contributed by atoms with Crippen LogP contribution >= 0.6 is 0 Å². The zero-order chi connectivity index (χ0) is 16.0. The number of ether oxygens (including phenoxy) is 1. The number of carbonyl (C=O) groups is 1. The van der Waals surface area contributed by atoms with Gasteiger partial charge in [-0.1, -0.05) is 24.3 Å². The monoisotopic (exact) mass is 305 g/mol. The van der Waals surface area contributed by atoms with Crippen LogP contribution in [0.25, 0.3) is 22.0 Å². The van der Waals surface area contributed by atoms with Crippen molar-refractivity contribution in [1.29, 1.82) is 0 Å². The summed E-state index contributed by atoms with van der Waals surface area (Å²) in [6, 6.07) is 15.2. The first-order valence-corrected chi connectivity index (χ1v) is 7.53. The Morgan fingerprint density at radius 1 is 1.13 bits per heavy atom. The minimum Gasteiger partial charge on any atom is -0.465 e. The van der Waals surface area contributed by atoms with Crippen molar-refractivity contribution in [2.45, 2.75) is 13.0 Å². The maximum atomic E-state index is 12.8. The van der Waals surface area contributed by atoms with Crippen LogP contribution in [0.3, 0.4) is 0 Å². The Bertz CT molecular complexity index is 1000. The van der Waals surface area contributed by atoms with Gasteiger partial charge in [0.2, 0.25) is 0 Å². The number of aromatic nitrogens is 1. The third-order valence-corrected chi connectivity index (χ3v) is 4.43. The predicted molar refractivity (Wildman–Crippen MR) is 88.7 cm³/mol. The highest BCUT2D eigenvalue weighted by Gasteiger charge is 2.18. The molecule has 4 nitrogen and oxygen atoms in total. The van der Waals surface area contributed by atoms with Crippen LogP contribution in [0.15, 0.2) is 53.3 Å². The van der Waals surface area contributed by atoms with Crippen molar-refractivity contribution in [1.82, 2.24) is 4.57 Å². The molecule has 0 bridgehead atoms. The fourth-order valence-corrected chi connectivity index (χ4v) is 3.27. The second-order valence-corrected chi connectivity index (χ2v) is 5.69. The smallest absolute Gasteiger partial charge is 0.337 e. The Hall–Kier alpha value is -2.88. The highest BCUT2D eigenvalue weighted by atomic mass is 16.5. The van der Waals surface area contributed by atoms with Crippen molar-refractivity contribution >= 4 is 16.7 Å². The third-order valence-electron chi connectivity index (χ3n) is 4.43. The van der Waals surface area contributed by atoms with Crippen molar-refractivity contribution in [2.24, 2.45) is 0 Å². The minimum atomic E-state index is -0.398. The molecule has 0 saturated heterocycles. The molecule has 0 aliphatic carbocycles. The summed E-state index contributed by atoms with van der Waals surface area (Å²) in [6.07, 6.45) is 0.856. The lowest BCUT2D eigenvalue weighted by Crippen LogP contribution is -2.26. The first-order valence-electron chi connectivity index (χ1n) is 7.53. The lowest BCUT2D eigenvalue weighted by atomic mass is 9.95. The molecule has 114 valence electrons. The van der Waals surface area contributed by atoms with Crippen molar-refractivity contribution in [3.63, 3.8) is 0 Å². The summed E-state index contributed by atoms with van der Waals surface area (Å²) in [7, 11) is 1.35. The Morgan fingerprint density at radius 2 is 1.96 bits per heavy atom. The molecule has 1 aliphatic rings. The highest BCUT2D eigenvalue weighted by molar-refractivity contribution is 5.96. The van der Waals surface area contributed by atoms with E-state index in [0.29, 0.717) is 17.5 Å². The number of hydrogen-bond acceptors (Lipinski definition) is 3. The number of pyridine rings is 1. The largest absolute Gasteiger partial charge is 0.465 e. The van der Waals surface area contributed by atoms with E-state index in [4.69, 9.17) is 4.74 Å². The van der Waals surface area contributed by atoms with Crippen LogP contribution in [0.1, 0.15) is 15.9 Å². The van der Waals surface area contributed by atoms with Crippen molar-refractivity contribution in [3.05, 3.63) is 70.0 Å². The average Bonchev–Trinajstić information content (AvgIpc) is 2.60. The molecule has 0 radical (unpaired) electrons. The van der Waals surface area contributed by atoms with Gasteiger partial charge in [0.1, 0.15) is 0 Å². The molecule has 4 heteroatoms. The fraction of sp³-hybridized carbons (Fsp3) is 0.158. The first kappa shape index (κ1) is 13.8. The Morgan fingerprint density at radius 3 is 2.78 bits per heavy atom. The van der Waals surface area contributed by atoms with E-state index in [9.17, 15) is 9.59 Å². The summed E-state index contributed by atoms with van der Waals surface area (Å²) >= 11 is 0. The average molecular weight is 305 g/mol. The van der Waals surface area contributed by atoms with E-state index >= 15 is 0 Å². The van der Waals surface area contributed by atoms with Gasteiger partial charge in [-0.2, -0.15) is 0 Å². The topological polar surface area (TPSA) is 48.3 Å². The van der Waals surface area contributed by atoms with Crippen molar-refractivity contribution in [2.75, 3.05) is 7.11 Å². The molecule has 0 amide bonds. The van der Waals surface area contributed by atoms with E-state index in [1.165, 1.54) is 12.7 Å². The Balaban J connectivity index is 2.02. The molecular formula is C19H15NO3. The van der Waals surface area contributed by atoms with E-state index in [2.05, 4.69) is 6.07 Å². The number of fused-ring (bicyclic) bond motifs is 4. The summed E-state index contributed by atoms with van der Waals surface area (Å²) in [6.45, 7) is 0.680. The molecule has 0 atom stereocenters. The Kier molecular flexibility index (Phi) is 3.05. The van der Waals surface area contributed by atoms with Gasteiger partial charge in [0.15, 0.2) is 0 Å². The summed E-state index contributed by atoms with van der Waals surface area (Å²) in [4.78, 5) is 24.5. The van der Waals surface area contributed by atoms with E-state index < -0.39 is 5.97 Å². The molecule has 1 aromatic heterocycles. The lowest BCUT2D eigenvalue weighted by molar-refractivity contribution is 0.0601. The summed E-state index contributed by atoms with van der Waals surface area (Å²) in [5.74, 6) is -0.398. The van der Waals surface area contributed by atoms with Crippen LogP contribution in [0.4, 0.5) is 0 Å². The number of esters is 1.